The van der Waals surface area contributed by atoms with Gasteiger partial charge in [-0.3, -0.25) is 9.59 Å². The van der Waals surface area contributed by atoms with E-state index >= 15 is 0 Å². The number of amides is 2. The third-order valence-corrected chi connectivity index (χ3v) is 6.62. The fourth-order valence-corrected chi connectivity index (χ4v) is 4.69. The third kappa shape index (κ3) is 4.77. The van der Waals surface area contributed by atoms with Crippen LogP contribution in [0.25, 0.3) is 10.9 Å². The van der Waals surface area contributed by atoms with Crippen molar-refractivity contribution in [3.05, 3.63) is 64.8 Å². The number of halogens is 1. The molecule has 1 aliphatic rings. The zero-order valence-corrected chi connectivity index (χ0v) is 17.4. The second-order valence-corrected chi connectivity index (χ2v) is 8.72. The highest BCUT2D eigenvalue weighted by Gasteiger charge is 2.24. The number of hydrogen-bond donors (Lipinski definition) is 3. The molecule has 1 aliphatic heterocycles. The van der Waals surface area contributed by atoms with Crippen molar-refractivity contribution >= 4 is 51.8 Å². The first kappa shape index (κ1) is 19.9. The van der Waals surface area contributed by atoms with Gasteiger partial charge in [0, 0.05) is 34.4 Å². The summed E-state index contributed by atoms with van der Waals surface area (Å²) >= 11 is 7.48. The van der Waals surface area contributed by atoms with Crippen LogP contribution in [0.4, 0.5) is 5.69 Å². The molecule has 5 nitrogen and oxygen atoms in total. The van der Waals surface area contributed by atoms with E-state index in [0.717, 1.165) is 47.0 Å². The van der Waals surface area contributed by atoms with E-state index in [-0.39, 0.29) is 22.8 Å². The summed E-state index contributed by atoms with van der Waals surface area (Å²) in [6.45, 7) is 0.543. The monoisotopic (exact) mass is 427 g/mol. The number of hydrogen-bond acceptors (Lipinski definition) is 3. The molecule has 0 spiro atoms. The number of nitrogens with one attached hydrogen (secondary N) is 3. The Kier molecular flexibility index (Phi) is 6.11. The predicted octanol–water partition coefficient (Wildman–Crippen LogP) is 4.17. The quantitative estimate of drug-likeness (QED) is 0.552. The first-order chi connectivity index (χ1) is 14.1. The fraction of sp³-hybridized carbons (Fsp3) is 0.273. The van der Waals surface area contributed by atoms with Crippen LogP contribution in [0.15, 0.2) is 48.7 Å². The maximum Gasteiger partial charge on any atom is 0.237 e. The van der Waals surface area contributed by atoms with Gasteiger partial charge in [0.2, 0.25) is 11.8 Å². The zero-order chi connectivity index (χ0) is 20.2. The van der Waals surface area contributed by atoms with Crippen molar-refractivity contribution in [1.82, 2.24) is 10.3 Å². The minimum Gasteiger partial charge on any atom is -0.361 e. The Morgan fingerprint density at radius 2 is 2.10 bits per heavy atom. The number of carbonyl (C=O) groups is 2. The minimum atomic E-state index is -0.219. The van der Waals surface area contributed by atoms with Gasteiger partial charge >= 0.3 is 0 Å². The average molecular weight is 428 g/mol. The predicted molar refractivity (Wildman–Crippen MR) is 120 cm³/mol. The summed E-state index contributed by atoms with van der Waals surface area (Å²) in [7, 11) is 0. The average Bonchev–Trinajstić information content (AvgIpc) is 3.02. The summed E-state index contributed by atoms with van der Waals surface area (Å²) in [6.07, 6.45) is 4.24. The number of benzene rings is 2. The fourth-order valence-electron chi connectivity index (χ4n) is 3.57. The minimum absolute atomic E-state index is 0.0246. The number of aryl methyl sites for hydroxylation is 1. The van der Waals surface area contributed by atoms with Gasteiger partial charge < -0.3 is 15.6 Å². The normalized spacial score (nSPS) is 16.2. The van der Waals surface area contributed by atoms with Gasteiger partial charge in [-0.05, 0) is 54.7 Å². The van der Waals surface area contributed by atoms with Crippen LogP contribution >= 0.6 is 23.4 Å². The number of thioether (sulfide) groups is 1. The molecule has 0 bridgehead atoms. The summed E-state index contributed by atoms with van der Waals surface area (Å²) in [4.78, 5) is 27.9. The number of H-pyrrole nitrogens is 1. The molecule has 0 aliphatic carbocycles. The van der Waals surface area contributed by atoms with Gasteiger partial charge in [0.15, 0.2) is 0 Å². The molecule has 1 atom stereocenters. The van der Waals surface area contributed by atoms with Gasteiger partial charge in [-0.2, -0.15) is 0 Å². The molecule has 150 valence electrons. The molecular formula is C22H22ClN3O2S. The Bertz CT molecular complexity index is 1050. The van der Waals surface area contributed by atoms with Gasteiger partial charge in [-0.1, -0.05) is 29.8 Å². The van der Waals surface area contributed by atoms with Crippen LogP contribution in [0.1, 0.15) is 17.5 Å². The summed E-state index contributed by atoms with van der Waals surface area (Å²) < 4.78 is 0. The van der Waals surface area contributed by atoms with Crippen molar-refractivity contribution < 1.29 is 9.59 Å². The highest BCUT2D eigenvalue weighted by molar-refractivity contribution is 8.01. The number of anilines is 1. The lowest BCUT2D eigenvalue weighted by molar-refractivity contribution is -0.118. The maximum atomic E-state index is 12.4. The van der Waals surface area contributed by atoms with E-state index in [4.69, 9.17) is 11.6 Å². The number of fused-ring (bicyclic) bond motifs is 2. The highest BCUT2D eigenvalue weighted by Crippen LogP contribution is 2.27. The Morgan fingerprint density at radius 1 is 1.24 bits per heavy atom. The Labute approximate surface area is 178 Å². The molecular weight excluding hydrogens is 406 g/mol. The molecule has 3 aromatic rings. The Hall–Kier alpha value is -2.44. The van der Waals surface area contributed by atoms with Crippen LogP contribution < -0.4 is 10.6 Å². The highest BCUT2D eigenvalue weighted by atomic mass is 35.5. The van der Waals surface area contributed by atoms with Crippen LogP contribution in [-0.2, 0) is 22.4 Å². The number of carbonyl (C=O) groups excluding carboxylic acids is 2. The van der Waals surface area contributed by atoms with Crippen molar-refractivity contribution in [2.75, 3.05) is 17.6 Å². The van der Waals surface area contributed by atoms with Crippen molar-refractivity contribution in [3.8, 4) is 0 Å². The molecule has 2 amide bonds. The molecule has 4 rings (SSSR count). The van der Waals surface area contributed by atoms with Crippen LogP contribution in [-0.4, -0.2) is 34.3 Å². The van der Waals surface area contributed by atoms with Crippen molar-refractivity contribution in [2.24, 2.45) is 0 Å². The van der Waals surface area contributed by atoms with Crippen LogP contribution in [0.3, 0.4) is 0 Å². The lowest BCUT2D eigenvalue weighted by atomic mass is 10.1. The molecule has 0 saturated carbocycles. The van der Waals surface area contributed by atoms with Crippen LogP contribution in [0.5, 0.6) is 0 Å². The first-order valence-corrected chi connectivity index (χ1v) is 11.1. The van der Waals surface area contributed by atoms with E-state index in [1.807, 2.05) is 48.7 Å². The van der Waals surface area contributed by atoms with Crippen molar-refractivity contribution in [1.29, 1.82) is 0 Å². The molecule has 7 heteroatoms. The third-order valence-electron chi connectivity index (χ3n) is 5.11. The van der Waals surface area contributed by atoms with Crippen LogP contribution in [0.2, 0.25) is 5.02 Å². The van der Waals surface area contributed by atoms with Gasteiger partial charge in [-0.25, -0.2) is 0 Å². The van der Waals surface area contributed by atoms with E-state index in [0.29, 0.717) is 11.6 Å². The van der Waals surface area contributed by atoms with E-state index in [1.165, 1.54) is 11.8 Å². The summed E-state index contributed by atoms with van der Waals surface area (Å²) in [5.74, 6) is 0.194. The second-order valence-electron chi connectivity index (χ2n) is 7.09. The van der Waals surface area contributed by atoms with Gasteiger partial charge in [-0.15, -0.1) is 11.8 Å². The molecule has 1 aromatic heterocycles. The largest absolute Gasteiger partial charge is 0.361 e. The van der Waals surface area contributed by atoms with Gasteiger partial charge in [0.05, 0.1) is 11.0 Å². The first-order valence-electron chi connectivity index (χ1n) is 9.63. The molecule has 3 N–H and O–H groups in total. The van der Waals surface area contributed by atoms with E-state index in [1.54, 1.807) is 0 Å². The van der Waals surface area contributed by atoms with E-state index < -0.39 is 0 Å². The Morgan fingerprint density at radius 3 is 3.00 bits per heavy atom. The number of rotatable bonds is 6. The zero-order valence-electron chi connectivity index (χ0n) is 15.8. The number of aromatic nitrogens is 1. The molecule has 2 heterocycles. The smallest absolute Gasteiger partial charge is 0.237 e. The SMILES string of the molecule is O=C(CS[C@H]1CCc2ccccc2NC1=O)NCCc1c[nH]c2ccc(Cl)cc12. The molecule has 0 radical (unpaired) electrons. The standard InChI is InChI=1S/C22H22ClN3O2S/c23-16-6-7-19-17(11-16)15(12-25-19)9-10-24-21(27)13-29-20-8-5-14-3-1-2-4-18(14)26-22(20)28/h1-4,6-7,11-12,20,25H,5,8-10,13H2,(H,24,27)(H,26,28)/t20-/m0/s1. The van der Waals surface area contributed by atoms with E-state index in [9.17, 15) is 9.59 Å². The number of para-hydroxylation sites is 1. The second kappa shape index (κ2) is 8.93. The van der Waals surface area contributed by atoms with Gasteiger partial charge in [0.25, 0.3) is 0 Å². The lowest BCUT2D eigenvalue weighted by Crippen LogP contribution is -2.30. The lowest BCUT2D eigenvalue weighted by Gasteiger charge is -2.12. The number of aromatic amines is 1. The summed E-state index contributed by atoms with van der Waals surface area (Å²) in [5, 5.41) is 7.48. The molecule has 0 saturated heterocycles. The summed E-state index contributed by atoms with van der Waals surface area (Å²) in [5.41, 5.74) is 4.18. The molecule has 0 unspecified atom stereocenters. The van der Waals surface area contributed by atoms with Crippen LogP contribution in [0, 0.1) is 0 Å². The van der Waals surface area contributed by atoms with Crippen molar-refractivity contribution in [2.45, 2.75) is 24.5 Å². The summed E-state index contributed by atoms with van der Waals surface area (Å²) in [6, 6.07) is 13.6. The van der Waals surface area contributed by atoms with Gasteiger partial charge in [0.1, 0.15) is 0 Å². The molecule has 0 fully saturated rings. The van der Waals surface area contributed by atoms with Crippen molar-refractivity contribution in [3.63, 3.8) is 0 Å². The topological polar surface area (TPSA) is 74.0 Å². The Balaban J connectivity index is 1.25. The van der Waals surface area contributed by atoms with E-state index in [2.05, 4.69) is 15.6 Å². The molecule has 2 aromatic carbocycles. The molecule has 29 heavy (non-hydrogen) atoms. The maximum absolute atomic E-state index is 12.4.